The van der Waals surface area contributed by atoms with Gasteiger partial charge in [0.25, 0.3) is 0 Å². The van der Waals surface area contributed by atoms with Crippen LogP contribution in [0.2, 0.25) is 0 Å². The van der Waals surface area contributed by atoms with Crippen molar-refractivity contribution >= 4 is 5.69 Å². The summed E-state index contributed by atoms with van der Waals surface area (Å²) in [6.45, 7) is 7.50. The van der Waals surface area contributed by atoms with Crippen molar-refractivity contribution in [3.05, 3.63) is 23.5 Å². The first-order valence-electron chi connectivity index (χ1n) is 7.09. The summed E-state index contributed by atoms with van der Waals surface area (Å²) in [5.74, 6) is 0.904. The highest BCUT2D eigenvalue weighted by atomic mass is 15.1. The van der Waals surface area contributed by atoms with Crippen molar-refractivity contribution in [2.24, 2.45) is 5.92 Å². The van der Waals surface area contributed by atoms with E-state index in [1.807, 2.05) is 13.2 Å². The van der Waals surface area contributed by atoms with Gasteiger partial charge in [-0.1, -0.05) is 6.42 Å². The third-order valence-electron chi connectivity index (χ3n) is 3.89. The van der Waals surface area contributed by atoms with Crippen LogP contribution in [0.3, 0.4) is 0 Å². The highest BCUT2D eigenvalue weighted by Gasteiger charge is 2.21. The predicted molar refractivity (Wildman–Crippen MR) is 77.0 cm³/mol. The maximum Gasteiger partial charge on any atom is 0.0445 e. The summed E-state index contributed by atoms with van der Waals surface area (Å²) in [7, 11) is 1.99. The molecule has 3 heteroatoms. The van der Waals surface area contributed by atoms with Crippen molar-refractivity contribution < 1.29 is 0 Å². The van der Waals surface area contributed by atoms with Crippen molar-refractivity contribution in [1.29, 1.82) is 0 Å². The molecule has 1 saturated carbocycles. The Kier molecular flexibility index (Phi) is 4.59. The molecular formula is C15H25N3. The number of aryl methyl sites for hydroxylation is 1. The van der Waals surface area contributed by atoms with E-state index < -0.39 is 0 Å². The molecule has 0 saturated heterocycles. The van der Waals surface area contributed by atoms with Gasteiger partial charge in [0, 0.05) is 42.8 Å². The topological polar surface area (TPSA) is 28.2 Å². The molecule has 0 bridgehead atoms. The summed E-state index contributed by atoms with van der Waals surface area (Å²) < 4.78 is 0. The molecule has 1 aromatic rings. The Morgan fingerprint density at radius 3 is 2.78 bits per heavy atom. The summed E-state index contributed by atoms with van der Waals surface area (Å²) in [4.78, 5) is 6.94. The molecule has 0 atom stereocenters. The van der Waals surface area contributed by atoms with Gasteiger partial charge in [-0.25, -0.2) is 0 Å². The molecule has 1 aliphatic carbocycles. The number of nitrogens with zero attached hydrogens (tertiary/aromatic N) is 2. The fourth-order valence-corrected chi connectivity index (χ4v) is 2.58. The lowest BCUT2D eigenvalue weighted by Crippen LogP contribution is -2.33. The number of pyridine rings is 1. The molecule has 1 N–H and O–H groups in total. The minimum absolute atomic E-state index is 0.893. The second kappa shape index (κ2) is 6.19. The smallest absolute Gasteiger partial charge is 0.0445 e. The number of aromatic nitrogens is 1. The monoisotopic (exact) mass is 247 g/mol. The quantitative estimate of drug-likeness (QED) is 0.838. The third kappa shape index (κ3) is 3.02. The van der Waals surface area contributed by atoms with E-state index in [4.69, 9.17) is 0 Å². The minimum atomic E-state index is 0.893. The molecule has 0 aliphatic heterocycles. The van der Waals surface area contributed by atoms with Gasteiger partial charge in [0.1, 0.15) is 0 Å². The second-order valence-electron chi connectivity index (χ2n) is 5.32. The van der Waals surface area contributed by atoms with Crippen LogP contribution in [0.15, 0.2) is 12.3 Å². The Hall–Kier alpha value is -1.09. The van der Waals surface area contributed by atoms with Crippen molar-refractivity contribution in [2.75, 3.05) is 25.0 Å². The first-order chi connectivity index (χ1) is 8.74. The van der Waals surface area contributed by atoms with E-state index in [0.717, 1.165) is 24.7 Å². The lowest BCUT2D eigenvalue weighted by atomic mass is 9.85. The number of nitrogens with one attached hydrogen (secondary N) is 1. The molecule has 1 aromatic heterocycles. The highest BCUT2D eigenvalue weighted by molar-refractivity contribution is 5.53. The van der Waals surface area contributed by atoms with Crippen LogP contribution in [-0.4, -0.2) is 25.1 Å². The molecule has 0 unspecified atom stereocenters. The molecule has 100 valence electrons. The molecule has 0 amide bonds. The number of hydrogen-bond donors (Lipinski definition) is 1. The van der Waals surface area contributed by atoms with Crippen LogP contribution in [0.5, 0.6) is 0 Å². The van der Waals surface area contributed by atoms with Crippen molar-refractivity contribution in [1.82, 2.24) is 10.3 Å². The first-order valence-corrected chi connectivity index (χ1v) is 7.09. The fraction of sp³-hybridized carbons (Fsp3) is 0.667. The zero-order valence-electron chi connectivity index (χ0n) is 11.9. The molecule has 0 aromatic carbocycles. The van der Waals surface area contributed by atoms with Gasteiger partial charge in [0.05, 0.1) is 0 Å². The van der Waals surface area contributed by atoms with Crippen LogP contribution in [0, 0.1) is 12.8 Å². The summed E-state index contributed by atoms with van der Waals surface area (Å²) in [5.41, 5.74) is 3.78. The number of anilines is 1. The average Bonchev–Trinajstić information content (AvgIpc) is 2.31. The van der Waals surface area contributed by atoms with Gasteiger partial charge in [-0.05, 0) is 45.7 Å². The standard InChI is InChI=1S/C15H25N3/c1-4-18(11-13-6-5-7-13)15-8-12(2)17-10-14(15)9-16-3/h8,10,13,16H,4-7,9,11H2,1-3H3. The van der Waals surface area contributed by atoms with Crippen LogP contribution in [0.4, 0.5) is 5.69 Å². The summed E-state index contributed by atoms with van der Waals surface area (Å²) >= 11 is 0. The van der Waals surface area contributed by atoms with E-state index in [-0.39, 0.29) is 0 Å². The van der Waals surface area contributed by atoms with E-state index >= 15 is 0 Å². The van der Waals surface area contributed by atoms with Crippen LogP contribution in [0.25, 0.3) is 0 Å². The number of hydrogen-bond acceptors (Lipinski definition) is 3. The van der Waals surface area contributed by atoms with Gasteiger partial charge in [-0.2, -0.15) is 0 Å². The minimum Gasteiger partial charge on any atom is -0.371 e. The molecule has 1 fully saturated rings. The van der Waals surface area contributed by atoms with Crippen LogP contribution in [0.1, 0.15) is 37.4 Å². The normalized spacial score (nSPS) is 15.5. The van der Waals surface area contributed by atoms with Crippen LogP contribution in [-0.2, 0) is 6.54 Å². The summed E-state index contributed by atoms with van der Waals surface area (Å²) in [5, 5.41) is 3.24. The Labute approximate surface area is 111 Å². The van der Waals surface area contributed by atoms with Gasteiger partial charge in [-0.3, -0.25) is 4.98 Å². The van der Waals surface area contributed by atoms with Gasteiger partial charge in [-0.15, -0.1) is 0 Å². The molecule has 1 heterocycles. The maximum atomic E-state index is 4.42. The lowest BCUT2D eigenvalue weighted by molar-refractivity contribution is 0.318. The number of rotatable bonds is 6. The second-order valence-corrected chi connectivity index (χ2v) is 5.32. The Morgan fingerprint density at radius 1 is 1.44 bits per heavy atom. The summed E-state index contributed by atoms with van der Waals surface area (Å²) in [6.07, 6.45) is 6.25. The van der Waals surface area contributed by atoms with Crippen molar-refractivity contribution in [2.45, 2.75) is 39.7 Å². The molecule has 2 rings (SSSR count). The molecule has 1 aliphatic rings. The average molecular weight is 247 g/mol. The van der Waals surface area contributed by atoms with E-state index in [0.29, 0.717) is 0 Å². The van der Waals surface area contributed by atoms with Gasteiger partial charge >= 0.3 is 0 Å². The van der Waals surface area contributed by atoms with E-state index in [9.17, 15) is 0 Å². The van der Waals surface area contributed by atoms with Crippen LogP contribution >= 0.6 is 0 Å². The van der Waals surface area contributed by atoms with Gasteiger partial charge < -0.3 is 10.2 Å². The van der Waals surface area contributed by atoms with E-state index in [1.54, 1.807) is 0 Å². The first kappa shape index (κ1) is 13.3. The molecule has 18 heavy (non-hydrogen) atoms. The van der Waals surface area contributed by atoms with Crippen molar-refractivity contribution in [3.8, 4) is 0 Å². The van der Waals surface area contributed by atoms with Crippen LogP contribution < -0.4 is 10.2 Å². The Bertz CT molecular complexity index is 385. The molecule has 0 radical (unpaired) electrons. The SMILES string of the molecule is CCN(CC1CCC1)c1cc(C)ncc1CNC. The highest BCUT2D eigenvalue weighted by Crippen LogP contribution is 2.30. The van der Waals surface area contributed by atoms with Crippen molar-refractivity contribution in [3.63, 3.8) is 0 Å². The largest absolute Gasteiger partial charge is 0.371 e. The molecule has 0 spiro atoms. The zero-order valence-corrected chi connectivity index (χ0v) is 11.9. The summed E-state index contributed by atoms with van der Waals surface area (Å²) in [6, 6.07) is 2.23. The molecular weight excluding hydrogens is 222 g/mol. The predicted octanol–water partition coefficient (Wildman–Crippen LogP) is 2.74. The third-order valence-corrected chi connectivity index (χ3v) is 3.89. The maximum absolute atomic E-state index is 4.42. The Morgan fingerprint density at radius 2 is 2.22 bits per heavy atom. The molecule has 3 nitrogen and oxygen atoms in total. The lowest BCUT2D eigenvalue weighted by Gasteiger charge is -2.34. The Balaban J connectivity index is 2.18. The van der Waals surface area contributed by atoms with Gasteiger partial charge in [0.15, 0.2) is 0 Å². The fourth-order valence-electron chi connectivity index (χ4n) is 2.58. The van der Waals surface area contributed by atoms with E-state index in [1.165, 1.54) is 37.1 Å². The van der Waals surface area contributed by atoms with E-state index in [2.05, 4.69) is 35.1 Å². The zero-order chi connectivity index (χ0) is 13.0. The van der Waals surface area contributed by atoms with Gasteiger partial charge in [0.2, 0.25) is 0 Å².